The average molecular weight is 895 g/mol. The molecule has 0 aromatic carbocycles. The van der Waals surface area contributed by atoms with Crippen LogP contribution in [0.1, 0.15) is 188 Å². The van der Waals surface area contributed by atoms with E-state index in [0.717, 1.165) is 116 Å². The normalized spacial score (nSPS) is 13.3. The van der Waals surface area contributed by atoms with E-state index < -0.39 is 6.10 Å². The van der Waals surface area contributed by atoms with Crippen LogP contribution in [0.3, 0.4) is 0 Å². The standard InChI is InChI=1S/C59H90O6/c1-4-7-10-13-16-19-22-25-27-28-29-30-32-34-37-40-43-46-49-52-58(61)64-55-56(54-63-57(60)51-48-45-42-39-36-33-24-21-18-15-12-9-6-3)65-59(62)53-50-47-44-41-38-35-31-26-23-20-17-14-11-8-5-2/h7,9-10,12-13,15-30,32,34,37,56H,4-6,8,11,14,31,33,35-36,38-55H2,1-3H3/b10-7+,12-9+,16-13+,18-15+,20-17+,22-19+,24-21+,26-23+,27-25+,29-28+,32-30+,37-34+. The fourth-order valence-corrected chi connectivity index (χ4v) is 6.30. The molecule has 0 aliphatic heterocycles. The van der Waals surface area contributed by atoms with Gasteiger partial charge in [0.2, 0.25) is 0 Å². The number of carbonyl (C=O) groups excluding carboxylic acids is 3. The number of hydrogen-bond acceptors (Lipinski definition) is 6. The second-order valence-corrected chi connectivity index (χ2v) is 16.2. The largest absolute Gasteiger partial charge is 0.462 e. The molecule has 0 saturated carbocycles. The Labute approximate surface area is 397 Å². The highest BCUT2D eigenvalue weighted by Gasteiger charge is 2.19. The van der Waals surface area contributed by atoms with Crippen molar-refractivity contribution in [1.29, 1.82) is 0 Å². The number of unbranched alkanes of at least 4 members (excludes halogenated alkanes) is 17. The summed E-state index contributed by atoms with van der Waals surface area (Å²) in [7, 11) is 0. The highest BCUT2D eigenvalue weighted by atomic mass is 16.6. The summed E-state index contributed by atoms with van der Waals surface area (Å²) < 4.78 is 16.7. The second-order valence-electron chi connectivity index (χ2n) is 16.2. The fourth-order valence-electron chi connectivity index (χ4n) is 6.30. The lowest BCUT2D eigenvalue weighted by atomic mass is 10.1. The first-order valence-electron chi connectivity index (χ1n) is 25.5. The average Bonchev–Trinajstić information content (AvgIpc) is 3.30. The highest BCUT2D eigenvalue weighted by Crippen LogP contribution is 2.13. The zero-order chi connectivity index (χ0) is 47.2. The Morgan fingerprint density at radius 1 is 0.323 bits per heavy atom. The van der Waals surface area contributed by atoms with Crippen LogP contribution in [0.2, 0.25) is 0 Å². The molecule has 0 N–H and O–H groups in total. The third kappa shape index (κ3) is 50.2. The molecule has 0 radical (unpaired) electrons. The maximum Gasteiger partial charge on any atom is 0.306 e. The summed E-state index contributed by atoms with van der Waals surface area (Å²) in [6.45, 7) is 6.23. The molecule has 362 valence electrons. The molecular formula is C59H90O6. The van der Waals surface area contributed by atoms with Gasteiger partial charge >= 0.3 is 17.9 Å². The molecule has 6 nitrogen and oxygen atoms in total. The van der Waals surface area contributed by atoms with Crippen LogP contribution in [0, 0.1) is 0 Å². The number of esters is 3. The highest BCUT2D eigenvalue weighted by molar-refractivity contribution is 5.71. The van der Waals surface area contributed by atoms with Crippen LogP contribution in [0.4, 0.5) is 0 Å². The Balaban J connectivity index is 4.57. The van der Waals surface area contributed by atoms with E-state index in [4.69, 9.17) is 14.2 Å². The molecule has 0 saturated heterocycles. The summed E-state index contributed by atoms with van der Waals surface area (Å²) in [6, 6.07) is 0. The van der Waals surface area contributed by atoms with Gasteiger partial charge < -0.3 is 14.2 Å². The van der Waals surface area contributed by atoms with Crippen molar-refractivity contribution in [1.82, 2.24) is 0 Å². The van der Waals surface area contributed by atoms with Crippen LogP contribution in [-0.4, -0.2) is 37.2 Å². The summed E-state index contributed by atoms with van der Waals surface area (Å²) >= 11 is 0. The Morgan fingerprint density at radius 3 is 0.969 bits per heavy atom. The first kappa shape index (κ1) is 60.3. The van der Waals surface area contributed by atoms with E-state index in [2.05, 4.69) is 87.6 Å². The Morgan fingerprint density at radius 2 is 0.600 bits per heavy atom. The zero-order valence-corrected chi connectivity index (χ0v) is 41.2. The molecule has 0 aromatic heterocycles. The maximum atomic E-state index is 12.8. The molecule has 0 bridgehead atoms. The van der Waals surface area contributed by atoms with Crippen molar-refractivity contribution < 1.29 is 28.6 Å². The van der Waals surface area contributed by atoms with Gasteiger partial charge in [0.15, 0.2) is 6.10 Å². The number of ether oxygens (including phenoxy) is 3. The van der Waals surface area contributed by atoms with E-state index in [1.54, 1.807) is 0 Å². The number of hydrogen-bond donors (Lipinski definition) is 0. The number of allylic oxidation sites excluding steroid dienone is 24. The van der Waals surface area contributed by atoms with Crippen molar-refractivity contribution in [2.45, 2.75) is 194 Å². The molecule has 6 heteroatoms. The summed E-state index contributed by atoms with van der Waals surface area (Å²) in [5, 5.41) is 0. The Hall–Kier alpha value is -4.71. The van der Waals surface area contributed by atoms with Crippen LogP contribution in [-0.2, 0) is 28.6 Å². The minimum atomic E-state index is -0.818. The third-order valence-corrected chi connectivity index (χ3v) is 10.1. The van der Waals surface area contributed by atoms with Gasteiger partial charge in [0.05, 0.1) is 0 Å². The van der Waals surface area contributed by atoms with Gasteiger partial charge in [-0.05, 0) is 83.5 Å². The molecule has 0 rings (SSSR count). The predicted molar refractivity (Wildman–Crippen MR) is 279 cm³/mol. The second kappa shape index (κ2) is 51.9. The van der Waals surface area contributed by atoms with Crippen molar-refractivity contribution in [3.8, 4) is 0 Å². The SMILES string of the molecule is CC/C=C/C=C/C=C/C=C/C=C/C=C/C=C/CCCCCC(=O)OCC(COC(=O)CCCCCCC/C=C/C=C/C=C/CC)OC(=O)CCCCCCCC/C=C/C=C/CCCCC. The van der Waals surface area contributed by atoms with E-state index in [9.17, 15) is 14.4 Å². The van der Waals surface area contributed by atoms with E-state index in [1.807, 2.05) is 79.0 Å². The Bertz CT molecular complexity index is 1490. The molecule has 0 amide bonds. The minimum absolute atomic E-state index is 0.115. The molecule has 1 unspecified atom stereocenters. The topological polar surface area (TPSA) is 78.9 Å². The monoisotopic (exact) mass is 895 g/mol. The minimum Gasteiger partial charge on any atom is -0.462 e. The van der Waals surface area contributed by atoms with Gasteiger partial charge in [-0.25, -0.2) is 0 Å². The summed E-state index contributed by atoms with van der Waals surface area (Å²) in [5.74, 6) is -1.00. The van der Waals surface area contributed by atoms with Gasteiger partial charge in [0.1, 0.15) is 13.2 Å². The predicted octanol–water partition coefficient (Wildman–Crippen LogP) is 16.9. The van der Waals surface area contributed by atoms with Gasteiger partial charge in [-0.15, -0.1) is 0 Å². The van der Waals surface area contributed by atoms with E-state index in [0.29, 0.717) is 19.3 Å². The molecule has 0 aliphatic carbocycles. The molecule has 0 aliphatic rings. The van der Waals surface area contributed by atoms with Gasteiger partial charge in [-0.2, -0.15) is 0 Å². The van der Waals surface area contributed by atoms with Crippen LogP contribution < -0.4 is 0 Å². The lowest BCUT2D eigenvalue weighted by Crippen LogP contribution is -2.30. The zero-order valence-electron chi connectivity index (χ0n) is 41.2. The van der Waals surface area contributed by atoms with Crippen LogP contribution >= 0.6 is 0 Å². The first-order chi connectivity index (χ1) is 32.0. The smallest absolute Gasteiger partial charge is 0.306 e. The quantitative estimate of drug-likeness (QED) is 0.0263. The van der Waals surface area contributed by atoms with Crippen LogP contribution in [0.5, 0.6) is 0 Å². The van der Waals surface area contributed by atoms with Gasteiger partial charge in [0.25, 0.3) is 0 Å². The molecule has 1 atom stereocenters. The van der Waals surface area contributed by atoms with Gasteiger partial charge in [0, 0.05) is 19.3 Å². The molecule has 0 fully saturated rings. The summed E-state index contributed by atoms with van der Waals surface area (Å²) in [6.07, 6.45) is 73.9. The van der Waals surface area contributed by atoms with Crippen molar-refractivity contribution in [3.63, 3.8) is 0 Å². The molecule has 0 heterocycles. The number of rotatable bonds is 43. The summed E-state index contributed by atoms with van der Waals surface area (Å²) in [5.41, 5.74) is 0. The van der Waals surface area contributed by atoms with Gasteiger partial charge in [-0.1, -0.05) is 231 Å². The third-order valence-electron chi connectivity index (χ3n) is 10.1. The van der Waals surface area contributed by atoms with Crippen molar-refractivity contribution >= 4 is 17.9 Å². The summed E-state index contributed by atoms with van der Waals surface area (Å²) in [4.78, 5) is 38.0. The van der Waals surface area contributed by atoms with Crippen molar-refractivity contribution in [2.24, 2.45) is 0 Å². The Kier molecular flexibility index (Phi) is 48.2. The maximum absolute atomic E-state index is 12.8. The lowest BCUT2D eigenvalue weighted by molar-refractivity contribution is -0.167. The number of carbonyl (C=O) groups is 3. The molecule has 0 aromatic rings. The van der Waals surface area contributed by atoms with Crippen LogP contribution in [0.25, 0.3) is 0 Å². The van der Waals surface area contributed by atoms with Crippen molar-refractivity contribution in [2.75, 3.05) is 13.2 Å². The molecule has 0 spiro atoms. The van der Waals surface area contributed by atoms with Crippen molar-refractivity contribution in [3.05, 3.63) is 146 Å². The first-order valence-corrected chi connectivity index (χ1v) is 25.5. The van der Waals surface area contributed by atoms with Gasteiger partial charge in [-0.3, -0.25) is 14.4 Å². The van der Waals surface area contributed by atoms with Crippen LogP contribution in [0.15, 0.2) is 146 Å². The molecule has 65 heavy (non-hydrogen) atoms. The van der Waals surface area contributed by atoms with E-state index in [-0.39, 0.29) is 31.1 Å². The van der Waals surface area contributed by atoms with E-state index >= 15 is 0 Å². The fraction of sp³-hybridized carbons (Fsp3) is 0.542. The van der Waals surface area contributed by atoms with E-state index in [1.165, 1.54) is 32.1 Å². The lowest BCUT2D eigenvalue weighted by Gasteiger charge is -2.18. The molecular weight excluding hydrogens is 805 g/mol.